The van der Waals surface area contributed by atoms with Crippen LogP contribution in [0.2, 0.25) is 0 Å². The van der Waals surface area contributed by atoms with Gasteiger partial charge in [-0.25, -0.2) is 0 Å². The SMILES string of the molecule is CC(C)(C)c1nnsc1C(O)C1CCOCC1. The second-order valence-corrected chi connectivity index (χ2v) is 6.42. The van der Waals surface area contributed by atoms with Crippen LogP contribution in [0.1, 0.15) is 50.3 Å². The highest BCUT2D eigenvalue weighted by Gasteiger charge is 2.31. The van der Waals surface area contributed by atoms with E-state index in [9.17, 15) is 5.11 Å². The van der Waals surface area contributed by atoms with Gasteiger partial charge in [0.2, 0.25) is 0 Å². The summed E-state index contributed by atoms with van der Waals surface area (Å²) in [6.45, 7) is 7.80. The average molecular weight is 256 g/mol. The van der Waals surface area contributed by atoms with E-state index in [1.54, 1.807) is 0 Å². The third-order valence-corrected chi connectivity index (χ3v) is 4.00. The highest BCUT2D eigenvalue weighted by molar-refractivity contribution is 7.05. The summed E-state index contributed by atoms with van der Waals surface area (Å²) in [7, 11) is 0. The van der Waals surface area contributed by atoms with Gasteiger partial charge in [0.25, 0.3) is 0 Å². The van der Waals surface area contributed by atoms with Gasteiger partial charge in [-0.3, -0.25) is 0 Å². The first-order valence-corrected chi connectivity index (χ1v) is 6.86. The minimum absolute atomic E-state index is 0.0610. The lowest BCUT2D eigenvalue weighted by molar-refractivity contribution is 0.00788. The lowest BCUT2D eigenvalue weighted by atomic mass is 9.86. The molecule has 1 aliphatic heterocycles. The number of rotatable bonds is 2. The van der Waals surface area contributed by atoms with Gasteiger partial charge in [0.1, 0.15) is 0 Å². The minimum Gasteiger partial charge on any atom is -0.387 e. The van der Waals surface area contributed by atoms with Crippen molar-refractivity contribution in [2.75, 3.05) is 13.2 Å². The van der Waals surface area contributed by atoms with Gasteiger partial charge in [-0.05, 0) is 30.3 Å². The highest BCUT2D eigenvalue weighted by Crippen LogP contribution is 2.36. The van der Waals surface area contributed by atoms with Crippen molar-refractivity contribution < 1.29 is 9.84 Å². The van der Waals surface area contributed by atoms with Crippen molar-refractivity contribution >= 4 is 11.5 Å². The van der Waals surface area contributed by atoms with E-state index in [0.717, 1.165) is 36.6 Å². The van der Waals surface area contributed by atoms with Crippen LogP contribution in [0.5, 0.6) is 0 Å². The van der Waals surface area contributed by atoms with Crippen LogP contribution in [0.4, 0.5) is 0 Å². The smallest absolute Gasteiger partial charge is 0.0947 e. The first kappa shape index (κ1) is 12.9. The average Bonchev–Trinajstić information content (AvgIpc) is 2.78. The Labute approximate surface area is 106 Å². The predicted molar refractivity (Wildman–Crippen MR) is 67.1 cm³/mol. The Bertz CT molecular complexity index is 367. The lowest BCUT2D eigenvalue weighted by Gasteiger charge is -2.27. The number of aliphatic hydroxyl groups excluding tert-OH is 1. The Morgan fingerprint density at radius 2 is 2.00 bits per heavy atom. The van der Waals surface area contributed by atoms with E-state index in [1.807, 2.05) is 0 Å². The maximum Gasteiger partial charge on any atom is 0.0947 e. The molecule has 1 fully saturated rings. The van der Waals surface area contributed by atoms with Gasteiger partial charge in [0.15, 0.2) is 0 Å². The van der Waals surface area contributed by atoms with Crippen molar-refractivity contribution in [3.63, 3.8) is 0 Å². The molecule has 1 N–H and O–H groups in total. The number of aromatic nitrogens is 2. The van der Waals surface area contributed by atoms with Crippen molar-refractivity contribution in [1.29, 1.82) is 0 Å². The molecule has 2 rings (SSSR count). The maximum absolute atomic E-state index is 10.5. The fraction of sp³-hybridized carbons (Fsp3) is 0.833. The van der Waals surface area contributed by atoms with E-state index in [0.29, 0.717) is 0 Å². The number of aliphatic hydroxyl groups is 1. The molecule has 0 saturated carbocycles. The van der Waals surface area contributed by atoms with Crippen LogP contribution in [-0.2, 0) is 10.2 Å². The first-order valence-electron chi connectivity index (χ1n) is 6.08. The van der Waals surface area contributed by atoms with Crippen molar-refractivity contribution in [2.45, 2.75) is 45.1 Å². The molecule has 1 aromatic rings. The second kappa shape index (κ2) is 5.00. The zero-order valence-corrected chi connectivity index (χ0v) is 11.5. The summed E-state index contributed by atoms with van der Waals surface area (Å²) >= 11 is 1.33. The van der Waals surface area contributed by atoms with Crippen molar-refractivity contribution in [2.24, 2.45) is 5.92 Å². The minimum atomic E-state index is -0.437. The number of nitrogens with zero attached hydrogens (tertiary/aromatic N) is 2. The second-order valence-electron chi connectivity index (χ2n) is 5.63. The van der Waals surface area contributed by atoms with E-state index in [2.05, 4.69) is 30.4 Å². The molecule has 1 saturated heterocycles. The standard InChI is InChI=1S/C12H20N2O2S/c1-12(2,3)11-10(17-14-13-11)9(15)8-4-6-16-7-5-8/h8-9,15H,4-7H2,1-3H3. The highest BCUT2D eigenvalue weighted by atomic mass is 32.1. The molecular weight excluding hydrogens is 236 g/mol. The van der Waals surface area contributed by atoms with E-state index in [4.69, 9.17) is 4.74 Å². The Morgan fingerprint density at radius 1 is 1.35 bits per heavy atom. The Hall–Kier alpha value is -0.520. The van der Waals surface area contributed by atoms with E-state index >= 15 is 0 Å². The zero-order valence-electron chi connectivity index (χ0n) is 10.6. The van der Waals surface area contributed by atoms with Crippen molar-refractivity contribution in [3.05, 3.63) is 10.6 Å². The first-order chi connectivity index (χ1) is 8.00. The summed E-state index contributed by atoms with van der Waals surface area (Å²) in [4.78, 5) is 0.935. The molecule has 0 aromatic carbocycles. The summed E-state index contributed by atoms with van der Waals surface area (Å²) in [5.41, 5.74) is 0.871. The summed E-state index contributed by atoms with van der Waals surface area (Å²) in [5.74, 6) is 0.284. The predicted octanol–water partition coefficient (Wildman–Crippen LogP) is 2.30. The Balaban J connectivity index is 2.18. The zero-order chi connectivity index (χ0) is 12.5. The molecule has 0 amide bonds. The molecule has 1 unspecified atom stereocenters. The maximum atomic E-state index is 10.5. The molecule has 96 valence electrons. The van der Waals surface area contributed by atoms with Crippen LogP contribution >= 0.6 is 11.5 Å². The van der Waals surface area contributed by atoms with Gasteiger partial charge in [-0.1, -0.05) is 25.3 Å². The van der Waals surface area contributed by atoms with Crippen LogP contribution in [0.25, 0.3) is 0 Å². The molecule has 0 spiro atoms. The molecule has 4 nitrogen and oxygen atoms in total. The number of hydrogen-bond acceptors (Lipinski definition) is 5. The van der Waals surface area contributed by atoms with E-state index in [-0.39, 0.29) is 11.3 Å². The topological polar surface area (TPSA) is 55.2 Å². The fourth-order valence-corrected chi connectivity index (χ4v) is 3.10. The van der Waals surface area contributed by atoms with E-state index < -0.39 is 6.10 Å². The van der Waals surface area contributed by atoms with Gasteiger partial charge in [-0.15, -0.1) is 5.10 Å². The normalized spacial score (nSPS) is 20.5. The summed E-state index contributed by atoms with van der Waals surface area (Å²) in [6.07, 6.45) is 1.40. The van der Waals surface area contributed by atoms with Crippen LogP contribution < -0.4 is 0 Å². The van der Waals surface area contributed by atoms with Gasteiger partial charge in [0, 0.05) is 18.6 Å². The van der Waals surface area contributed by atoms with Crippen LogP contribution in [0.15, 0.2) is 0 Å². The quantitative estimate of drug-likeness (QED) is 0.882. The summed E-state index contributed by atoms with van der Waals surface area (Å²) in [5, 5.41) is 14.6. The molecule has 1 aliphatic rings. The van der Waals surface area contributed by atoms with Gasteiger partial charge in [0.05, 0.1) is 16.7 Å². The van der Waals surface area contributed by atoms with Crippen LogP contribution in [-0.4, -0.2) is 27.9 Å². The lowest BCUT2D eigenvalue weighted by Crippen LogP contribution is -2.24. The molecule has 0 radical (unpaired) electrons. The molecule has 17 heavy (non-hydrogen) atoms. The Morgan fingerprint density at radius 3 is 2.59 bits per heavy atom. The molecule has 2 heterocycles. The van der Waals surface area contributed by atoms with Gasteiger partial charge < -0.3 is 9.84 Å². The number of hydrogen-bond donors (Lipinski definition) is 1. The van der Waals surface area contributed by atoms with E-state index in [1.165, 1.54) is 11.5 Å². The molecule has 0 bridgehead atoms. The summed E-state index contributed by atoms with van der Waals surface area (Å²) < 4.78 is 9.33. The third-order valence-electron chi connectivity index (χ3n) is 3.20. The van der Waals surface area contributed by atoms with Crippen molar-refractivity contribution in [3.8, 4) is 0 Å². The molecule has 1 atom stereocenters. The third kappa shape index (κ3) is 2.84. The Kier molecular flexibility index (Phi) is 3.80. The fourth-order valence-electron chi connectivity index (χ4n) is 2.16. The van der Waals surface area contributed by atoms with Crippen molar-refractivity contribution in [1.82, 2.24) is 9.59 Å². The van der Waals surface area contributed by atoms with Crippen LogP contribution in [0.3, 0.4) is 0 Å². The number of ether oxygens (including phenoxy) is 1. The largest absolute Gasteiger partial charge is 0.387 e. The van der Waals surface area contributed by atoms with Gasteiger partial charge >= 0.3 is 0 Å². The molecule has 0 aliphatic carbocycles. The van der Waals surface area contributed by atoms with Gasteiger partial charge in [-0.2, -0.15) is 0 Å². The summed E-state index contributed by atoms with van der Waals surface area (Å²) in [6, 6.07) is 0. The monoisotopic (exact) mass is 256 g/mol. The molecule has 1 aromatic heterocycles. The molecule has 5 heteroatoms. The molecular formula is C12H20N2O2S. The van der Waals surface area contributed by atoms with Crippen LogP contribution in [0, 0.1) is 5.92 Å².